The van der Waals surface area contributed by atoms with Gasteiger partial charge in [-0.05, 0) is 100 Å². The van der Waals surface area contributed by atoms with Gasteiger partial charge in [0.1, 0.15) is 17.0 Å². The fourth-order valence-electron chi connectivity index (χ4n) is 4.60. The monoisotopic (exact) mass is 447 g/mol. The Kier molecular flexibility index (Phi) is 5.05. The van der Waals surface area contributed by atoms with E-state index in [1.165, 1.54) is 0 Å². The molecule has 1 unspecified atom stereocenters. The van der Waals surface area contributed by atoms with Crippen LogP contribution in [0.4, 0.5) is 5.69 Å². The molecule has 0 spiro atoms. The lowest BCUT2D eigenvalue weighted by Gasteiger charge is -2.35. The van der Waals surface area contributed by atoms with Crippen molar-refractivity contribution in [1.29, 1.82) is 0 Å². The minimum Gasteiger partial charge on any atom is -0.456 e. The van der Waals surface area contributed by atoms with Gasteiger partial charge in [0.2, 0.25) is 0 Å². The Labute approximate surface area is 192 Å². The summed E-state index contributed by atoms with van der Waals surface area (Å²) in [6, 6.07) is 11.2. The maximum absolute atomic E-state index is 12.8. The summed E-state index contributed by atoms with van der Waals surface area (Å²) in [7, 11) is 0. The molecule has 7 heteroatoms. The fourth-order valence-corrected chi connectivity index (χ4v) is 4.60. The van der Waals surface area contributed by atoms with Crippen molar-refractivity contribution in [1.82, 2.24) is 9.97 Å². The summed E-state index contributed by atoms with van der Waals surface area (Å²) in [5, 5.41) is 14.7. The molecule has 2 aliphatic carbocycles. The molecule has 0 bridgehead atoms. The highest BCUT2D eigenvalue weighted by Gasteiger charge is 2.39. The molecule has 1 atom stereocenters. The standard InChI is InChI=1S/C26H29N3O4/c1-25(2,3)33-23(31)15-5-8-17(9-6-15)27-20-10-7-16-13-21-19(14-18(16)20)22(30)29-24(28-21)26(32)11-4-12-26/h5-6,8-9,13-14,20,27,32H,4,7,10-12H2,1-3H3,(H,28,29,30). The number of nitrogens with one attached hydrogen (secondary N) is 2. The van der Waals surface area contributed by atoms with E-state index in [0.29, 0.717) is 35.1 Å². The topological polar surface area (TPSA) is 104 Å². The van der Waals surface area contributed by atoms with E-state index >= 15 is 0 Å². The first-order valence-electron chi connectivity index (χ1n) is 11.5. The average molecular weight is 448 g/mol. The molecule has 1 aromatic heterocycles. The Morgan fingerprint density at radius 2 is 1.94 bits per heavy atom. The number of benzene rings is 2. The Morgan fingerprint density at radius 1 is 1.21 bits per heavy atom. The first-order valence-corrected chi connectivity index (χ1v) is 11.5. The lowest BCUT2D eigenvalue weighted by Crippen LogP contribution is -2.37. The van der Waals surface area contributed by atoms with Crippen molar-refractivity contribution in [3.8, 4) is 0 Å². The molecule has 2 aromatic carbocycles. The Balaban J connectivity index is 1.38. The average Bonchev–Trinajstić information content (AvgIpc) is 3.11. The largest absolute Gasteiger partial charge is 0.456 e. The van der Waals surface area contributed by atoms with Crippen LogP contribution >= 0.6 is 0 Å². The van der Waals surface area contributed by atoms with E-state index in [9.17, 15) is 14.7 Å². The van der Waals surface area contributed by atoms with Gasteiger partial charge in [-0.2, -0.15) is 0 Å². The van der Waals surface area contributed by atoms with Gasteiger partial charge in [0.15, 0.2) is 0 Å². The van der Waals surface area contributed by atoms with Crippen molar-refractivity contribution >= 4 is 22.6 Å². The first kappa shape index (κ1) is 21.6. The number of aromatic amines is 1. The Hall–Kier alpha value is -3.19. The number of ether oxygens (including phenoxy) is 1. The lowest BCUT2D eigenvalue weighted by molar-refractivity contribution is -0.0466. The number of aryl methyl sites for hydroxylation is 1. The maximum Gasteiger partial charge on any atom is 0.338 e. The van der Waals surface area contributed by atoms with Crippen LogP contribution in [-0.2, 0) is 16.8 Å². The second-order valence-electron chi connectivity index (χ2n) is 10.2. The number of H-pyrrole nitrogens is 1. The summed E-state index contributed by atoms with van der Waals surface area (Å²) >= 11 is 0. The number of fused-ring (bicyclic) bond motifs is 2. The number of hydrogen-bond donors (Lipinski definition) is 3. The number of aromatic nitrogens is 2. The van der Waals surface area contributed by atoms with E-state index < -0.39 is 11.2 Å². The number of carbonyl (C=O) groups excluding carboxylic acids is 1. The molecule has 0 amide bonds. The molecule has 0 aliphatic heterocycles. The summed E-state index contributed by atoms with van der Waals surface area (Å²) in [4.78, 5) is 32.4. The van der Waals surface area contributed by atoms with Gasteiger partial charge in [-0.25, -0.2) is 9.78 Å². The van der Waals surface area contributed by atoms with E-state index in [1.54, 1.807) is 12.1 Å². The maximum atomic E-state index is 12.8. The lowest BCUT2D eigenvalue weighted by atomic mass is 9.79. The predicted octanol–water partition coefficient (Wildman–Crippen LogP) is 4.35. The SMILES string of the molecule is CC(C)(C)OC(=O)c1ccc(NC2CCc3cc4nc(C5(O)CCC5)[nH]c(=O)c4cc32)cc1. The molecule has 5 rings (SSSR count). The molecule has 0 radical (unpaired) electrons. The molecular weight excluding hydrogens is 418 g/mol. The fraction of sp³-hybridized carbons (Fsp3) is 0.423. The number of aliphatic hydroxyl groups is 1. The molecular formula is C26H29N3O4. The first-order chi connectivity index (χ1) is 15.6. The minimum absolute atomic E-state index is 0.0617. The summed E-state index contributed by atoms with van der Waals surface area (Å²) in [6.07, 6.45) is 3.98. The van der Waals surface area contributed by atoms with Crippen LogP contribution in [0.25, 0.3) is 10.9 Å². The third-order valence-corrected chi connectivity index (χ3v) is 6.53. The highest BCUT2D eigenvalue weighted by Crippen LogP contribution is 2.40. The number of carbonyl (C=O) groups is 1. The molecule has 3 N–H and O–H groups in total. The minimum atomic E-state index is -0.998. The van der Waals surface area contributed by atoms with E-state index in [0.717, 1.165) is 36.1 Å². The summed E-state index contributed by atoms with van der Waals surface area (Å²) in [5.74, 6) is 0.0355. The summed E-state index contributed by atoms with van der Waals surface area (Å²) < 4.78 is 5.42. The molecule has 172 valence electrons. The predicted molar refractivity (Wildman–Crippen MR) is 126 cm³/mol. The van der Waals surface area contributed by atoms with Crippen molar-refractivity contribution in [3.63, 3.8) is 0 Å². The number of nitrogens with zero attached hydrogens (tertiary/aromatic N) is 1. The number of esters is 1. The van der Waals surface area contributed by atoms with E-state index in [2.05, 4.69) is 15.3 Å². The van der Waals surface area contributed by atoms with Crippen molar-refractivity contribution in [3.05, 3.63) is 69.3 Å². The van der Waals surface area contributed by atoms with Gasteiger partial charge in [0.25, 0.3) is 5.56 Å². The van der Waals surface area contributed by atoms with Gasteiger partial charge in [-0.15, -0.1) is 0 Å². The zero-order valence-corrected chi connectivity index (χ0v) is 19.2. The normalized spacial score (nSPS) is 19.1. The van der Waals surface area contributed by atoms with Crippen molar-refractivity contribution in [2.75, 3.05) is 5.32 Å². The van der Waals surface area contributed by atoms with Gasteiger partial charge >= 0.3 is 5.97 Å². The Morgan fingerprint density at radius 3 is 2.58 bits per heavy atom. The molecule has 1 heterocycles. The molecule has 33 heavy (non-hydrogen) atoms. The molecule has 1 saturated carbocycles. The summed E-state index contributed by atoms with van der Waals surface area (Å²) in [5.41, 5.74) is 2.54. The van der Waals surface area contributed by atoms with Gasteiger partial charge < -0.3 is 20.1 Å². The van der Waals surface area contributed by atoms with Gasteiger partial charge in [0, 0.05) is 5.69 Å². The van der Waals surface area contributed by atoms with E-state index in [1.807, 2.05) is 45.0 Å². The zero-order valence-electron chi connectivity index (χ0n) is 19.2. The third kappa shape index (κ3) is 4.13. The summed E-state index contributed by atoms with van der Waals surface area (Å²) in [6.45, 7) is 5.54. The quantitative estimate of drug-likeness (QED) is 0.514. The number of hydrogen-bond acceptors (Lipinski definition) is 6. The zero-order chi connectivity index (χ0) is 23.4. The third-order valence-electron chi connectivity index (χ3n) is 6.53. The van der Waals surface area contributed by atoms with E-state index in [4.69, 9.17) is 4.74 Å². The molecule has 2 aliphatic rings. The van der Waals surface area contributed by atoms with Gasteiger partial charge in [0.05, 0.1) is 22.5 Å². The highest BCUT2D eigenvalue weighted by molar-refractivity contribution is 5.90. The second-order valence-corrected chi connectivity index (χ2v) is 10.2. The van der Waals surface area contributed by atoms with Crippen LogP contribution in [0.3, 0.4) is 0 Å². The molecule has 0 saturated heterocycles. The molecule has 1 fully saturated rings. The van der Waals surface area contributed by atoms with Crippen LogP contribution in [0.5, 0.6) is 0 Å². The van der Waals surface area contributed by atoms with Gasteiger partial charge in [-0.3, -0.25) is 4.79 Å². The van der Waals surface area contributed by atoms with E-state index in [-0.39, 0.29) is 17.6 Å². The van der Waals surface area contributed by atoms with Gasteiger partial charge in [-0.1, -0.05) is 0 Å². The molecule has 7 nitrogen and oxygen atoms in total. The van der Waals surface area contributed by atoms with Crippen LogP contribution in [0.2, 0.25) is 0 Å². The van der Waals surface area contributed by atoms with Crippen LogP contribution in [-0.4, -0.2) is 26.6 Å². The van der Waals surface area contributed by atoms with Crippen LogP contribution in [0, 0.1) is 0 Å². The highest BCUT2D eigenvalue weighted by atomic mass is 16.6. The van der Waals surface area contributed by atoms with Crippen molar-refractivity contribution in [2.24, 2.45) is 0 Å². The van der Waals surface area contributed by atoms with Crippen molar-refractivity contribution < 1.29 is 14.6 Å². The molecule has 3 aromatic rings. The van der Waals surface area contributed by atoms with Crippen LogP contribution < -0.4 is 10.9 Å². The number of anilines is 1. The van der Waals surface area contributed by atoms with Crippen LogP contribution in [0.1, 0.15) is 79.8 Å². The van der Waals surface area contributed by atoms with Crippen LogP contribution in [0.15, 0.2) is 41.2 Å². The van der Waals surface area contributed by atoms with Crippen molar-refractivity contribution in [2.45, 2.75) is 70.1 Å². The number of rotatable bonds is 4. The Bertz CT molecular complexity index is 1280. The second kappa shape index (κ2) is 7.70. The smallest absolute Gasteiger partial charge is 0.338 e.